The van der Waals surface area contributed by atoms with Gasteiger partial charge in [0.15, 0.2) is 5.96 Å². The van der Waals surface area contributed by atoms with Crippen LogP contribution in [0.4, 0.5) is 0 Å². The Hall–Kier alpha value is -0.730. The van der Waals surface area contributed by atoms with Gasteiger partial charge in [0, 0.05) is 20.6 Å². The van der Waals surface area contributed by atoms with Gasteiger partial charge in [-0.25, -0.2) is 4.99 Å². The number of nitrogens with zero attached hydrogens (tertiary/aromatic N) is 3. The molecule has 1 aliphatic carbocycles. The van der Waals surface area contributed by atoms with Crippen LogP contribution in [0.3, 0.4) is 0 Å². The molecule has 0 N–H and O–H groups in total. The second-order valence-electron chi connectivity index (χ2n) is 4.58. The van der Waals surface area contributed by atoms with Gasteiger partial charge in [-0.3, -0.25) is 0 Å². The SMILES string of the molecule is CCCN1C(N(C)C)=NC2CCCC21. The van der Waals surface area contributed by atoms with E-state index in [4.69, 9.17) is 4.99 Å². The van der Waals surface area contributed by atoms with Crippen molar-refractivity contribution in [3.05, 3.63) is 0 Å². The summed E-state index contributed by atoms with van der Waals surface area (Å²) in [6.07, 6.45) is 5.21. The molecule has 1 fully saturated rings. The minimum absolute atomic E-state index is 0.596. The molecular formula is C11H21N3. The summed E-state index contributed by atoms with van der Waals surface area (Å²) in [7, 11) is 4.20. The predicted molar refractivity (Wildman–Crippen MR) is 59.5 cm³/mol. The van der Waals surface area contributed by atoms with Crippen LogP contribution in [0.15, 0.2) is 4.99 Å². The largest absolute Gasteiger partial charge is 0.349 e. The van der Waals surface area contributed by atoms with Crippen molar-refractivity contribution in [2.24, 2.45) is 4.99 Å². The minimum atomic E-state index is 0.596. The van der Waals surface area contributed by atoms with Crippen LogP contribution >= 0.6 is 0 Å². The first kappa shape index (κ1) is 9.81. The van der Waals surface area contributed by atoms with E-state index in [0.29, 0.717) is 12.1 Å². The molecule has 1 heterocycles. The van der Waals surface area contributed by atoms with Crippen molar-refractivity contribution < 1.29 is 0 Å². The summed E-state index contributed by atoms with van der Waals surface area (Å²) in [5.74, 6) is 1.21. The van der Waals surface area contributed by atoms with Crippen LogP contribution < -0.4 is 0 Å². The van der Waals surface area contributed by atoms with Crippen LogP contribution in [0.5, 0.6) is 0 Å². The Morgan fingerprint density at radius 2 is 2.21 bits per heavy atom. The summed E-state index contributed by atoms with van der Waals surface area (Å²) in [6.45, 7) is 3.41. The highest BCUT2D eigenvalue weighted by atomic mass is 15.4. The van der Waals surface area contributed by atoms with Crippen molar-refractivity contribution in [2.75, 3.05) is 20.6 Å². The molecule has 1 saturated carbocycles. The average molecular weight is 195 g/mol. The average Bonchev–Trinajstić information content (AvgIpc) is 2.67. The quantitative estimate of drug-likeness (QED) is 0.666. The van der Waals surface area contributed by atoms with Gasteiger partial charge in [0.25, 0.3) is 0 Å². The number of guanidine groups is 1. The van der Waals surface area contributed by atoms with Gasteiger partial charge in [0.2, 0.25) is 0 Å². The number of hydrogen-bond donors (Lipinski definition) is 0. The van der Waals surface area contributed by atoms with Crippen molar-refractivity contribution in [2.45, 2.75) is 44.7 Å². The molecule has 0 aromatic heterocycles. The Bertz CT molecular complexity index is 235. The first-order valence-electron chi connectivity index (χ1n) is 5.75. The molecule has 3 heteroatoms. The Labute approximate surface area is 86.8 Å². The zero-order valence-electron chi connectivity index (χ0n) is 9.53. The normalized spacial score (nSPS) is 30.5. The zero-order valence-corrected chi connectivity index (χ0v) is 9.53. The number of hydrogen-bond acceptors (Lipinski definition) is 3. The van der Waals surface area contributed by atoms with Crippen LogP contribution in [0.1, 0.15) is 32.6 Å². The fourth-order valence-electron chi connectivity index (χ4n) is 2.68. The molecule has 1 aliphatic heterocycles. The molecule has 0 aromatic rings. The van der Waals surface area contributed by atoms with E-state index in [9.17, 15) is 0 Å². The first-order valence-corrected chi connectivity index (χ1v) is 5.75. The molecule has 0 aromatic carbocycles. The van der Waals surface area contributed by atoms with E-state index in [-0.39, 0.29) is 0 Å². The lowest BCUT2D eigenvalue weighted by molar-refractivity contribution is 0.300. The summed E-state index contributed by atoms with van der Waals surface area (Å²) in [4.78, 5) is 9.49. The van der Waals surface area contributed by atoms with E-state index >= 15 is 0 Å². The Kier molecular flexibility index (Phi) is 2.66. The second kappa shape index (κ2) is 3.79. The summed E-state index contributed by atoms with van der Waals surface area (Å²) in [5.41, 5.74) is 0. The fraction of sp³-hybridized carbons (Fsp3) is 0.909. The maximum Gasteiger partial charge on any atom is 0.196 e. The highest BCUT2D eigenvalue weighted by Gasteiger charge is 2.39. The molecule has 14 heavy (non-hydrogen) atoms. The van der Waals surface area contributed by atoms with Crippen molar-refractivity contribution in [1.29, 1.82) is 0 Å². The Morgan fingerprint density at radius 1 is 1.43 bits per heavy atom. The Balaban J connectivity index is 2.14. The third kappa shape index (κ3) is 1.49. The number of aliphatic imine (C=N–C) groups is 1. The van der Waals surface area contributed by atoms with Crippen molar-refractivity contribution in [3.63, 3.8) is 0 Å². The standard InChI is InChI=1S/C11H21N3/c1-4-8-14-10-7-5-6-9(10)12-11(14)13(2)3/h9-10H,4-8H2,1-3H3. The lowest BCUT2D eigenvalue weighted by Crippen LogP contribution is -2.43. The van der Waals surface area contributed by atoms with Crippen molar-refractivity contribution >= 4 is 5.96 Å². The van der Waals surface area contributed by atoms with Gasteiger partial charge in [-0.1, -0.05) is 6.92 Å². The zero-order chi connectivity index (χ0) is 10.1. The summed E-state index contributed by atoms with van der Waals surface area (Å²) < 4.78 is 0. The molecule has 0 saturated heterocycles. The monoisotopic (exact) mass is 195 g/mol. The molecule has 3 nitrogen and oxygen atoms in total. The minimum Gasteiger partial charge on any atom is -0.349 e. The van der Waals surface area contributed by atoms with Gasteiger partial charge in [-0.2, -0.15) is 0 Å². The fourth-order valence-corrected chi connectivity index (χ4v) is 2.68. The maximum absolute atomic E-state index is 4.82. The maximum atomic E-state index is 4.82. The van der Waals surface area contributed by atoms with Crippen LogP contribution in [0, 0.1) is 0 Å². The van der Waals surface area contributed by atoms with E-state index in [1.54, 1.807) is 0 Å². The molecule has 2 atom stereocenters. The van der Waals surface area contributed by atoms with Crippen LogP contribution in [0.2, 0.25) is 0 Å². The summed E-state index contributed by atoms with van der Waals surface area (Å²) >= 11 is 0. The molecule has 2 rings (SSSR count). The molecule has 2 aliphatic rings. The molecule has 0 radical (unpaired) electrons. The van der Waals surface area contributed by atoms with Gasteiger partial charge < -0.3 is 9.80 Å². The smallest absolute Gasteiger partial charge is 0.196 e. The summed E-state index contributed by atoms with van der Waals surface area (Å²) in [6, 6.07) is 1.31. The van der Waals surface area contributed by atoms with Gasteiger partial charge in [0.05, 0.1) is 12.1 Å². The van der Waals surface area contributed by atoms with E-state index in [1.807, 2.05) is 0 Å². The predicted octanol–water partition coefficient (Wildman–Crippen LogP) is 1.55. The molecule has 0 amide bonds. The second-order valence-corrected chi connectivity index (χ2v) is 4.58. The molecule has 2 unspecified atom stereocenters. The van der Waals surface area contributed by atoms with E-state index in [0.717, 1.165) is 6.54 Å². The van der Waals surface area contributed by atoms with Gasteiger partial charge >= 0.3 is 0 Å². The Morgan fingerprint density at radius 3 is 2.86 bits per heavy atom. The highest BCUT2D eigenvalue weighted by molar-refractivity contribution is 5.82. The van der Waals surface area contributed by atoms with E-state index in [1.165, 1.54) is 31.6 Å². The van der Waals surface area contributed by atoms with Gasteiger partial charge in [0.1, 0.15) is 0 Å². The van der Waals surface area contributed by atoms with E-state index in [2.05, 4.69) is 30.8 Å². The van der Waals surface area contributed by atoms with E-state index < -0.39 is 0 Å². The van der Waals surface area contributed by atoms with Crippen molar-refractivity contribution in [1.82, 2.24) is 9.80 Å². The lowest BCUT2D eigenvalue weighted by Gasteiger charge is -2.29. The molecule has 0 spiro atoms. The van der Waals surface area contributed by atoms with Gasteiger partial charge in [-0.05, 0) is 25.7 Å². The number of fused-ring (bicyclic) bond motifs is 1. The van der Waals surface area contributed by atoms with Crippen LogP contribution in [-0.2, 0) is 0 Å². The first-order chi connectivity index (χ1) is 6.74. The van der Waals surface area contributed by atoms with Crippen LogP contribution in [-0.4, -0.2) is 48.5 Å². The lowest BCUT2D eigenvalue weighted by atomic mass is 10.2. The highest BCUT2D eigenvalue weighted by Crippen LogP contribution is 2.32. The molecular weight excluding hydrogens is 174 g/mol. The third-order valence-corrected chi connectivity index (χ3v) is 3.25. The number of rotatable bonds is 2. The topological polar surface area (TPSA) is 18.8 Å². The summed E-state index contributed by atoms with van der Waals surface area (Å²) in [5, 5.41) is 0. The molecule has 80 valence electrons. The third-order valence-electron chi connectivity index (χ3n) is 3.25. The van der Waals surface area contributed by atoms with Gasteiger partial charge in [-0.15, -0.1) is 0 Å². The van der Waals surface area contributed by atoms with Crippen LogP contribution in [0.25, 0.3) is 0 Å². The van der Waals surface area contributed by atoms with Crippen molar-refractivity contribution in [3.8, 4) is 0 Å². The molecule has 0 bridgehead atoms.